The lowest BCUT2D eigenvalue weighted by atomic mass is 10.1. The van der Waals surface area contributed by atoms with E-state index in [0.717, 1.165) is 25.4 Å². The lowest BCUT2D eigenvalue weighted by molar-refractivity contribution is 0.260. The molecular weight excluding hydrogens is 210 g/mol. The van der Waals surface area contributed by atoms with Crippen molar-refractivity contribution < 1.29 is 4.74 Å². The van der Waals surface area contributed by atoms with E-state index in [4.69, 9.17) is 16.3 Å². The van der Waals surface area contributed by atoms with Gasteiger partial charge in [-0.2, -0.15) is 0 Å². The second kappa shape index (κ2) is 4.86. The lowest BCUT2D eigenvalue weighted by Gasteiger charge is -2.12. The standard InChI is InChI=1S/C12H16ClNO/c1-9-2-3-11(13)12(6-9)15-8-10-4-5-14-7-10/h2-3,6,10,14H,4-5,7-8H2,1H3. The van der Waals surface area contributed by atoms with Gasteiger partial charge in [-0.3, -0.25) is 0 Å². The monoisotopic (exact) mass is 225 g/mol. The molecule has 3 heteroatoms. The number of nitrogens with one attached hydrogen (secondary N) is 1. The van der Waals surface area contributed by atoms with Gasteiger partial charge < -0.3 is 10.1 Å². The molecule has 0 aliphatic carbocycles. The summed E-state index contributed by atoms with van der Waals surface area (Å²) in [6.45, 7) is 4.97. The third-order valence-corrected chi connectivity index (χ3v) is 3.04. The highest BCUT2D eigenvalue weighted by atomic mass is 35.5. The van der Waals surface area contributed by atoms with Crippen molar-refractivity contribution in [3.8, 4) is 5.75 Å². The first-order valence-electron chi connectivity index (χ1n) is 5.35. The molecule has 1 unspecified atom stereocenters. The fourth-order valence-electron chi connectivity index (χ4n) is 1.79. The van der Waals surface area contributed by atoms with Crippen LogP contribution in [-0.2, 0) is 0 Å². The molecule has 0 bridgehead atoms. The Morgan fingerprint density at radius 2 is 2.40 bits per heavy atom. The maximum Gasteiger partial charge on any atom is 0.138 e. The summed E-state index contributed by atoms with van der Waals surface area (Å²) in [6.07, 6.45) is 1.20. The number of ether oxygens (including phenoxy) is 1. The SMILES string of the molecule is Cc1ccc(Cl)c(OCC2CCNC2)c1. The van der Waals surface area contributed by atoms with E-state index in [1.54, 1.807) is 0 Å². The van der Waals surface area contributed by atoms with E-state index in [1.807, 2.05) is 25.1 Å². The van der Waals surface area contributed by atoms with Gasteiger partial charge in [0.1, 0.15) is 5.75 Å². The molecule has 2 nitrogen and oxygen atoms in total. The van der Waals surface area contributed by atoms with E-state index < -0.39 is 0 Å². The first-order valence-corrected chi connectivity index (χ1v) is 5.73. The molecule has 1 aromatic carbocycles. The van der Waals surface area contributed by atoms with Crippen molar-refractivity contribution >= 4 is 11.6 Å². The smallest absolute Gasteiger partial charge is 0.138 e. The summed E-state index contributed by atoms with van der Waals surface area (Å²) in [5, 5.41) is 4.02. The van der Waals surface area contributed by atoms with Crippen molar-refractivity contribution in [3.63, 3.8) is 0 Å². The van der Waals surface area contributed by atoms with Crippen molar-refractivity contribution in [2.45, 2.75) is 13.3 Å². The summed E-state index contributed by atoms with van der Waals surface area (Å²) in [6, 6.07) is 5.87. The molecule has 0 radical (unpaired) electrons. The van der Waals surface area contributed by atoms with Crippen LogP contribution in [0, 0.1) is 12.8 Å². The zero-order valence-electron chi connectivity index (χ0n) is 8.92. The van der Waals surface area contributed by atoms with Crippen LogP contribution in [0.5, 0.6) is 5.75 Å². The first-order chi connectivity index (χ1) is 7.25. The Bertz CT molecular complexity index is 334. The Morgan fingerprint density at radius 3 is 3.13 bits per heavy atom. The van der Waals surface area contributed by atoms with Crippen molar-refractivity contribution in [3.05, 3.63) is 28.8 Å². The molecule has 1 atom stereocenters. The molecule has 1 aliphatic heterocycles. The van der Waals surface area contributed by atoms with Gasteiger partial charge in [0.15, 0.2) is 0 Å². The third-order valence-electron chi connectivity index (χ3n) is 2.72. The average Bonchev–Trinajstić information content (AvgIpc) is 2.72. The zero-order valence-corrected chi connectivity index (χ0v) is 9.68. The van der Waals surface area contributed by atoms with E-state index in [-0.39, 0.29) is 0 Å². The van der Waals surface area contributed by atoms with E-state index in [2.05, 4.69) is 5.32 Å². The van der Waals surface area contributed by atoms with Crippen LogP contribution >= 0.6 is 11.6 Å². The fraction of sp³-hybridized carbons (Fsp3) is 0.500. The number of hydrogen-bond donors (Lipinski definition) is 1. The first kappa shape index (κ1) is 10.8. The second-order valence-electron chi connectivity index (χ2n) is 4.10. The minimum absolute atomic E-state index is 0.626. The summed E-state index contributed by atoms with van der Waals surface area (Å²) in [4.78, 5) is 0. The van der Waals surface area contributed by atoms with Crippen LogP contribution in [0.4, 0.5) is 0 Å². The van der Waals surface area contributed by atoms with Gasteiger partial charge in [-0.1, -0.05) is 17.7 Å². The summed E-state index contributed by atoms with van der Waals surface area (Å²) in [7, 11) is 0. The second-order valence-corrected chi connectivity index (χ2v) is 4.51. The summed E-state index contributed by atoms with van der Waals surface area (Å²) in [5.41, 5.74) is 1.18. The topological polar surface area (TPSA) is 21.3 Å². The number of aryl methyl sites for hydroxylation is 1. The predicted octanol–water partition coefficient (Wildman–Crippen LogP) is 2.64. The van der Waals surface area contributed by atoms with Crippen molar-refractivity contribution in [2.24, 2.45) is 5.92 Å². The normalized spacial score (nSPS) is 20.5. The maximum absolute atomic E-state index is 6.04. The molecule has 1 aromatic rings. The quantitative estimate of drug-likeness (QED) is 0.854. The fourth-order valence-corrected chi connectivity index (χ4v) is 1.96. The maximum atomic E-state index is 6.04. The van der Waals surface area contributed by atoms with E-state index in [0.29, 0.717) is 10.9 Å². The Balaban J connectivity index is 1.94. The minimum atomic E-state index is 0.626. The van der Waals surface area contributed by atoms with Crippen molar-refractivity contribution in [2.75, 3.05) is 19.7 Å². The third kappa shape index (κ3) is 2.86. The van der Waals surface area contributed by atoms with Crippen LogP contribution < -0.4 is 10.1 Å². The molecule has 1 fully saturated rings. The molecule has 2 rings (SSSR count). The Hall–Kier alpha value is -0.730. The molecule has 0 amide bonds. The molecule has 0 spiro atoms. The highest BCUT2D eigenvalue weighted by Crippen LogP contribution is 2.26. The van der Waals surface area contributed by atoms with E-state index in [1.165, 1.54) is 12.0 Å². The molecule has 15 heavy (non-hydrogen) atoms. The van der Waals surface area contributed by atoms with Crippen LogP contribution in [0.15, 0.2) is 18.2 Å². The summed E-state index contributed by atoms with van der Waals surface area (Å²) >= 11 is 6.04. The number of hydrogen-bond acceptors (Lipinski definition) is 2. The molecule has 82 valence electrons. The van der Waals surface area contributed by atoms with Crippen LogP contribution in [0.3, 0.4) is 0 Å². The highest BCUT2D eigenvalue weighted by Gasteiger charge is 2.15. The minimum Gasteiger partial charge on any atom is -0.492 e. The van der Waals surface area contributed by atoms with Gasteiger partial charge in [0.2, 0.25) is 0 Å². The Morgan fingerprint density at radius 1 is 1.53 bits per heavy atom. The summed E-state index contributed by atoms with van der Waals surface area (Å²) in [5.74, 6) is 1.44. The molecule has 1 N–H and O–H groups in total. The zero-order chi connectivity index (χ0) is 10.7. The van der Waals surface area contributed by atoms with Crippen molar-refractivity contribution in [1.82, 2.24) is 5.32 Å². The lowest BCUT2D eigenvalue weighted by Crippen LogP contribution is -2.15. The van der Waals surface area contributed by atoms with Gasteiger partial charge in [-0.25, -0.2) is 0 Å². The molecular formula is C12H16ClNO. The number of benzene rings is 1. The van der Waals surface area contributed by atoms with Crippen LogP contribution in [0.1, 0.15) is 12.0 Å². The predicted molar refractivity (Wildman–Crippen MR) is 62.7 cm³/mol. The number of rotatable bonds is 3. The molecule has 1 saturated heterocycles. The van der Waals surface area contributed by atoms with Gasteiger partial charge in [-0.15, -0.1) is 0 Å². The van der Waals surface area contributed by atoms with Crippen LogP contribution in [0.25, 0.3) is 0 Å². The average molecular weight is 226 g/mol. The van der Waals surface area contributed by atoms with Crippen LogP contribution in [0.2, 0.25) is 5.02 Å². The molecule has 0 aromatic heterocycles. The van der Waals surface area contributed by atoms with Gasteiger partial charge in [0.05, 0.1) is 11.6 Å². The van der Waals surface area contributed by atoms with Gasteiger partial charge in [0.25, 0.3) is 0 Å². The Kier molecular flexibility index (Phi) is 3.49. The molecule has 0 saturated carbocycles. The van der Waals surface area contributed by atoms with Crippen LogP contribution in [-0.4, -0.2) is 19.7 Å². The van der Waals surface area contributed by atoms with Gasteiger partial charge in [-0.05, 0) is 37.6 Å². The van der Waals surface area contributed by atoms with E-state index in [9.17, 15) is 0 Å². The van der Waals surface area contributed by atoms with Gasteiger partial charge in [0, 0.05) is 12.5 Å². The number of halogens is 1. The molecule has 1 heterocycles. The Labute approximate surface area is 95.6 Å². The van der Waals surface area contributed by atoms with Gasteiger partial charge >= 0.3 is 0 Å². The largest absolute Gasteiger partial charge is 0.492 e. The summed E-state index contributed by atoms with van der Waals surface area (Å²) < 4.78 is 5.73. The highest BCUT2D eigenvalue weighted by molar-refractivity contribution is 6.32. The molecule has 1 aliphatic rings. The van der Waals surface area contributed by atoms with E-state index >= 15 is 0 Å². The van der Waals surface area contributed by atoms with Crippen molar-refractivity contribution in [1.29, 1.82) is 0 Å².